The van der Waals surface area contributed by atoms with E-state index in [9.17, 15) is 0 Å². The van der Waals surface area contributed by atoms with E-state index in [1.807, 2.05) is 0 Å². The Morgan fingerprint density at radius 2 is 1.30 bits per heavy atom. The van der Waals surface area contributed by atoms with Crippen molar-refractivity contribution in [2.24, 2.45) is 0 Å². The highest BCUT2D eigenvalue weighted by atomic mass is 31.0. The second kappa shape index (κ2) is 2.66. The van der Waals surface area contributed by atoms with Crippen LogP contribution in [0.15, 0.2) is 35.9 Å². The lowest BCUT2D eigenvalue weighted by atomic mass is 10.4. The highest BCUT2D eigenvalue weighted by molar-refractivity contribution is 7.39. The SMILES string of the molecule is c1c[pH]c(-c2ccc[pH]2)c1. The van der Waals surface area contributed by atoms with Gasteiger partial charge in [0.2, 0.25) is 0 Å². The molecule has 0 aliphatic heterocycles. The molecule has 0 aliphatic rings. The molecule has 2 aromatic rings. The molecule has 0 nitrogen and oxygen atoms in total. The Bertz CT molecular complexity index is 247. The Morgan fingerprint density at radius 3 is 1.60 bits per heavy atom. The van der Waals surface area contributed by atoms with Crippen LogP contribution in [0.2, 0.25) is 0 Å². The Balaban J connectivity index is 2.48. The third kappa shape index (κ3) is 1.06. The smallest absolute Gasteiger partial charge is 0.00188 e. The molecule has 0 bridgehead atoms. The van der Waals surface area contributed by atoms with E-state index in [0.29, 0.717) is 0 Å². The highest BCUT2D eigenvalue weighted by Gasteiger charge is 1.93. The second-order valence-corrected chi connectivity index (χ2v) is 4.49. The van der Waals surface area contributed by atoms with Crippen molar-refractivity contribution in [3.05, 3.63) is 35.9 Å². The van der Waals surface area contributed by atoms with Gasteiger partial charge in [-0.15, -0.1) is 16.4 Å². The van der Waals surface area contributed by atoms with Gasteiger partial charge in [-0.1, -0.05) is 24.3 Å². The molecule has 50 valence electrons. The van der Waals surface area contributed by atoms with Gasteiger partial charge in [0.25, 0.3) is 0 Å². The second-order valence-electron chi connectivity index (χ2n) is 2.17. The van der Waals surface area contributed by atoms with Crippen molar-refractivity contribution >= 4 is 16.4 Å². The van der Waals surface area contributed by atoms with Crippen molar-refractivity contribution in [3.8, 4) is 10.6 Å². The maximum Gasteiger partial charge on any atom is 0.00188 e. The molecule has 0 saturated carbocycles. The summed E-state index contributed by atoms with van der Waals surface area (Å²) in [5.41, 5.74) is 0. The molecule has 2 heteroatoms. The van der Waals surface area contributed by atoms with Crippen LogP contribution in [0.4, 0.5) is 0 Å². The molecule has 0 spiro atoms. The van der Waals surface area contributed by atoms with E-state index < -0.39 is 0 Å². The summed E-state index contributed by atoms with van der Waals surface area (Å²) in [6.45, 7) is 0. The Hall–Kier alpha value is -0.440. The molecule has 0 aliphatic carbocycles. The molecule has 2 rings (SSSR count). The van der Waals surface area contributed by atoms with Gasteiger partial charge in [0.05, 0.1) is 0 Å². The van der Waals surface area contributed by atoms with Crippen LogP contribution in [0.25, 0.3) is 10.6 Å². The van der Waals surface area contributed by atoms with Gasteiger partial charge in [-0.25, -0.2) is 0 Å². The Kier molecular flexibility index (Phi) is 1.67. The summed E-state index contributed by atoms with van der Waals surface area (Å²) in [6.07, 6.45) is 0. The summed E-state index contributed by atoms with van der Waals surface area (Å²) in [6, 6.07) is 8.75. The molecule has 2 heterocycles. The van der Waals surface area contributed by atoms with Crippen LogP contribution in [0.5, 0.6) is 0 Å². The van der Waals surface area contributed by atoms with Crippen molar-refractivity contribution in [2.75, 3.05) is 0 Å². The van der Waals surface area contributed by atoms with Crippen molar-refractivity contribution in [2.45, 2.75) is 0 Å². The minimum Gasteiger partial charge on any atom is -0.131 e. The predicted molar refractivity (Wildman–Crippen MR) is 50.9 cm³/mol. The zero-order valence-electron chi connectivity index (χ0n) is 5.46. The van der Waals surface area contributed by atoms with Crippen LogP contribution in [0, 0.1) is 0 Å². The zero-order valence-corrected chi connectivity index (χ0v) is 7.46. The fourth-order valence-electron chi connectivity index (χ4n) is 0.996. The van der Waals surface area contributed by atoms with Crippen molar-refractivity contribution in [1.82, 2.24) is 0 Å². The minimum atomic E-state index is 0.913. The van der Waals surface area contributed by atoms with E-state index in [2.05, 4.69) is 35.9 Å². The molecule has 2 aromatic heterocycles. The molecular weight excluding hydrogens is 158 g/mol. The van der Waals surface area contributed by atoms with Gasteiger partial charge in [0.1, 0.15) is 0 Å². The van der Waals surface area contributed by atoms with Gasteiger partial charge in [0.15, 0.2) is 0 Å². The summed E-state index contributed by atoms with van der Waals surface area (Å²) in [4.78, 5) is 0. The van der Waals surface area contributed by atoms with Gasteiger partial charge < -0.3 is 0 Å². The number of rotatable bonds is 1. The van der Waals surface area contributed by atoms with Gasteiger partial charge in [-0.2, -0.15) is 0 Å². The van der Waals surface area contributed by atoms with Crippen molar-refractivity contribution in [3.63, 3.8) is 0 Å². The highest BCUT2D eigenvalue weighted by Crippen LogP contribution is 2.34. The third-order valence-corrected chi connectivity index (χ3v) is 3.95. The lowest BCUT2D eigenvalue weighted by Crippen LogP contribution is -1.53. The van der Waals surface area contributed by atoms with E-state index in [1.165, 1.54) is 10.6 Å². The van der Waals surface area contributed by atoms with Gasteiger partial charge in [-0.05, 0) is 11.6 Å². The molecule has 0 amide bonds. The lowest BCUT2D eigenvalue weighted by molar-refractivity contribution is 1.94. The minimum absolute atomic E-state index is 0.913. The van der Waals surface area contributed by atoms with Crippen LogP contribution >= 0.6 is 16.4 Å². The lowest BCUT2D eigenvalue weighted by Gasteiger charge is -1.87. The summed E-state index contributed by atoms with van der Waals surface area (Å²) in [7, 11) is 1.83. The molecule has 0 N–H and O–H groups in total. The summed E-state index contributed by atoms with van der Waals surface area (Å²) < 4.78 is 0. The first kappa shape index (κ1) is 6.28. The van der Waals surface area contributed by atoms with Crippen molar-refractivity contribution in [1.29, 1.82) is 0 Å². The van der Waals surface area contributed by atoms with E-state index in [0.717, 1.165) is 16.4 Å². The van der Waals surface area contributed by atoms with Gasteiger partial charge in [0, 0.05) is 10.6 Å². The fourth-order valence-corrected chi connectivity index (χ4v) is 3.04. The summed E-state index contributed by atoms with van der Waals surface area (Å²) in [5.74, 6) is 4.47. The molecule has 0 saturated heterocycles. The molecule has 0 radical (unpaired) electrons. The molecule has 10 heavy (non-hydrogen) atoms. The maximum atomic E-state index is 2.24. The molecular formula is C8H8P2. The van der Waals surface area contributed by atoms with E-state index in [1.54, 1.807) is 0 Å². The first-order valence-electron chi connectivity index (χ1n) is 3.24. The average Bonchev–Trinajstić information content (AvgIpc) is 2.59. The first-order chi connectivity index (χ1) is 4.97. The van der Waals surface area contributed by atoms with E-state index >= 15 is 0 Å². The number of hydrogen-bond donors (Lipinski definition) is 0. The predicted octanol–water partition coefficient (Wildman–Crippen LogP) is 3.42. The van der Waals surface area contributed by atoms with Gasteiger partial charge in [-0.3, -0.25) is 0 Å². The Labute approximate surface area is 63.5 Å². The monoisotopic (exact) mass is 166 g/mol. The first-order valence-corrected chi connectivity index (χ1v) is 5.39. The molecule has 2 unspecified atom stereocenters. The normalized spacial score (nSPS) is 11.6. The third-order valence-electron chi connectivity index (χ3n) is 1.49. The quantitative estimate of drug-likeness (QED) is 0.608. The molecule has 0 fully saturated rings. The van der Waals surface area contributed by atoms with Crippen LogP contribution in [0.1, 0.15) is 0 Å². The van der Waals surface area contributed by atoms with Crippen LogP contribution in [-0.2, 0) is 0 Å². The van der Waals surface area contributed by atoms with Crippen LogP contribution in [0.3, 0.4) is 0 Å². The topological polar surface area (TPSA) is 0 Å². The maximum absolute atomic E-state index is 2.24. The fraction of sp³-hybridized carbons (Fsp3) is 0. The van der Waals surface area contributed by atoms with Crippen LogP contribution in [-0.4, -0.2) is 0 Å². The Morgan fingerprint density at radius 1 is 0.800 bits per heavy atom. The van der Waals surface area contributed by atoms with E-state index in [-0.39, 0.29) is 0 Å². The van der Waals surface area contributed by atoms with Crippen molar-refractivity contribution < 1.29 is 0 Å². The number of hydrogen-bond acceptors (Lipinski definition) is 0. The van der Waals surface area contributed by atoms with Crippen LogP contribution < -0.4 is 0 Å². The summed E-state index contributed by atoms with van der Waals surface area (Å²) in [5, 5.41) is 3.06. The van der Waals surface area contributed by atoms with Gasteiger partial charge >= 0.3 is 0 Å². The molecule has 2 atom stereocenters. The standard InChI is InChI=1S/C8H8P2/c1-3-7(9-5-1)8-4-2-6-10-8/h1-6,9-10H. The van der Waals surface area contributed by atoms with E-state index in [4.69, 9.17) is 0 Å². The molecule has 0 aromatic carbocycles. The zero-order chi connectivity index (χ0) is 6.81. The average molecular weight is 166 g/mol. The summed E-state index contributed by atoms with van der Waals surface area (Å²) >= 11 is 0. The largest absolute Gasteiger partial charge is 0.131 e.